The number of fused-ring (bicyclic) bond motifs is 1. The third-order valence-corrected chi connectivity index (χ3v) is 6.85. The lowest BCUT2D eigenvalue weighted by molar-refractivity contribution is -0.114. The summed E-state index contributed by atoms with van der Waals surface area (Å²) < 4.78 is 40.6. The molecule has 2 N–H and O–H groups in total. The first kappa shape index (κ1) is 25.9. The van der Waals surface area contributed by atoms with Crippen LogP contribution in [0.1, 0.15) is 17.3 Å². The van der Waals surface area contributed by atoms with Gasteiger partial charge < -0.3 is 24.8 Å². The summed E-state index contributed by atoms with van der Waals surface area (Å²) >= 11 is 1.08. The van der Waals surface area contributed by atoms with Crippen LogP contribution in [0.25, 0.3) is 10.2 Å². The van der Waals surface area contributed by atoms with Crippen molar-refractivity contribution in [3.05, 3.63) is 42.0 Å². The number of thiazole rings is 1. The van der Waals surface area contributed by atoms with Gasteiger partial charge in [0, 0.05) is 11.8 Å². The van der Waals surface area contributed by atoms with E-state index in [9.17, 15) is 22.8 Å². The number of benzene rings is 2. The van der Waals surface area contributed by atoms with Crippen LogP contribution in [0.2, 0.25) is 0 Å². The highest BCUT2D eigenvalue weighted by molar-refractivity contribution is 7.92. The van der Waals surface area contributed by atoms with E-state index in [0.717, 1.165) is 11.3 Å². The molecule has 13 heteroatoms. The summed E-state index contributed by atoms with van der Waals surface area (Å²) in [4.78, 5) is 40.6. The van der Waals surface area contributed by atoms with E-state index >= 15 is 0 Å². The Morgan fingerprint density at radius 1 is 0.943 bits per heavy atom. The van der Waals surface area contributed by atoms with Crippen molar-refractivity contribution in [1.82, 2.24) is 4.98 Å². The first-order chi connectivity index (χ1) is 16.6. The van der Waals surface area contributed by atoms with Crippen LogP contribution in [0.4, 0.5) is 10.8 Å². The summed E-state index contributed by atoms with van der Waals surface area (Å²) in [5.41, 5.74) is 1.17. The second kappa shape index (κ2) is 11.1. The standard InChI is InChI=1S/C22H23N3O8S2/c1-4-33-21(28)13-5-7-15-18(9-13)34-22(24-15)25-20(27)12-35(29,30)11-19(26)23-14-6-8-16(31-2)17(10-14)32-3/h5-10H,4,11-12H2,1-3H3,(H,23,26)(H,24,25,27). The van der Waals surface area contributed by atoms with Gasteiger partial charge in [-0.3, -0.25) is 9.59 Å². The van der Waals surface area contributed by atoms with Crippen molar-refractivity contribution in [2.24, 2.45) is 0 Å². The fraction of sp³-hybridized carbons (Fsp3) is 0.273. The summed E-state index contributed by atoms with van der Waals surface area (Å²) in [7, 11) is -1.18. The zero-order valence-corrected chi connectivity index (χ0v) is 20.7. The Labute approximate surface area is 205 Å². The van der Waals surface area contributed by atoms with Gasteiger partial charge in [0.1, 0.15) is 11.5 Å². The number of amides is 2. The lowest BCUT2D eigenvalue weighted by atomic mass is 10.2. The monoisotopic (exact) mass is 521 g/mol. The number of esters is 1. The molecule has 2 aromatic carbocycles. The number of carbonyl (C=O) groups excluding carboxylic acids is 3. The zero-order chi connectivity index (χ0) is 25.6. The van der Waals surface area contributed by atoms with Gasteiger partial charge in [0.15, 0.2) is 26.5 Å². The van der Waals surface area contributed by atoms with Crippen LogP contribution in [0.15, 0.2) is 36.4 Å². The molecule has 3 aromatic rings. The molecule has 11 nitrogen and oxygen atoms in total. The van der Waals surface area contributed by atoms with Gasteiger partial charge in [0.2, 0.25) is 11.8 Å². The Bertz CT molecular complexity index is 1370. The maximum Gasteiger partial charge on any atom is 0.338 e. The molecule has 0 aliphatic rings. The van der Waals surface area contributed by atoms with Crippen molar-refractivity contribution in [3.8, 4) is 11.5 Å². The Morgan fingerprint density at radius 2 is 1.63 bits per heavy atom. The first-order valence-corrected chi connectivity index (χ1v) is 12.9. The average molecular weight is 522 g/mol. The van der Waals surface area contributed by atoms with Gasteiger partial charge in [-0.05, 0) is 37.3 Å². The molecule has 0 radical (unpaired) electrons. The van der Waals surface area contributed by atoms with Crippen LogP contribution in [0.5, 0.6) is 11.5 Å². The van der Waals surface area contributed by atoms with Gasteiger partial charge in [0.05, 0.1) is 36.6 Å². The van der Waals surface area contributed by atoms with Gasteiger partial charge >= 0.3 is 5.97 Å². The van der Waals surface area contributed by atoms with Crippen molar-refractivity contribution in [2.75, 3.05) is 43.0 Å². The molecule has 0 aliphatic heterocycles. The van der Waals surface area contributed by atoms with Crippen LogP contribution in [-0.2, 0) is 24.2 Å². The Balaban J connectivity index is 1.60. The normalized spacial score (nSPS) is 11.1. The first-order valence-electron chi connectivity index (χ1n) is 10.2. The molecule has 0 saturated carbocycles. The minimum absolute atomic E-state index is 0.163. The van der Waals surface area contributed by atoms with E-state index < -0.39 is 39.1 Å². The number of ether oxygens (including phenoxy) is 3. The minimum Gasteiger partial charge on any atom is -0.493 e. The maximum absolute atomic E-state index is 12.4. The van der Waals surface area contributed by atoms with Crippen LogP contribution in [0.3, 0.4) is 0 Å². The Morgan fingerprint density at radius 3 is 2.29 bits per heavy atom. The highest BCUT2D eigenvalue weighted by Gasteiger charge is 2.22. The van der Waals surface area contributed by atoms with E-state index in [-0.39, 0.29) is 11.7 Å². The Hall–Kier alpha value is -3.71. The molecular formula is C22H23N3O8S2. The molecule has 0 atom stereocenters. The van der Waals surface area contributed by atoms with Gasteiger partial charge in [-0.15, -0.1) is 0 Å². The van der Waals surface area contributed by atoms with E-state index in [2.05, 4.69) is 15.6 Å². The SMILES string of the molecule is CCOC(=O)c1ccc2nc(NC(=O)CS(=O)(=O)CC(=O)Nc3ccc(OC)c(OC)c3)sc2c1. The topological polar surface area (TPSA) is 150 Å². The molecule has 0 aliphatic carbocycles. The number of methoxy groups -OCH3 is 2. The lowest BCUT2D eigenvalue weighted by Crippen LogP contribution is -2.30. The van der Waals surface area contributed by atoms with Crippen LogP contribution in [-0.4, -0.2) is 63.5 Å². The number of nitrogens with one attached hydrogen (secondary N) is 2. The van der Waals surface area contributed by atoms with Crippen molar-refractivity contribution < 1.29 is 37.0 Å². The average Bonchev–Trinajstić information content (AvgIpc) is 3.19. The number of sulfone groups is 1. The van der Waals surface area contributed by atoms with Gasteiger partial charge in [0.25, 0.3) is 0 Å². The highest BCUT2D eigenvalue weighted by Crippen LogP contribution is 2.30. The number of nitrogens with zero attached hydrogens (tertiary/aromatic N) is 1. The molecule has 186 valence electrons. The quantitative estimate of drug-likeness (QED) is 0.384. The highest BCUT2D eigenvalue weighted by atomic mass is 32.2. The van der Waals surface area contributed by atoms with Gasteiger partial charge in [-0.25, -0.2) is 18.2 Å². The van der Waals surface area contributed by atoms with Crippen LogP contribution >= 0.6 is 11.3 Å². The largest absolute Gasteiger partial charge is 0.493 e. The number of anilines is 2. The van der Waals surface area contributed by atoms with E-state index in [0.29, 0.717) is 33.0 Å². The predicted molar refractivity (Wildman–Crippen MR) is 131 cm³/mol. The lowest BCUT2D eigenvalue weighted by Gasteiger charge is -2.10. The molecule has 2 amide bonds. The van der Waals surface area contributed by atoms with Crippen molar-refractivity contribution in [2.45, 2.75) is 6.92 Å². The number of rotatable bonds is 10. The minimum atomic E-state index is -4.07. The molecule has 0 unspecified atom stereocenters. The third-order valence-electron chi connectivity index (χ3n) is 4.52. The number of hydrogen-bond donors (Lipinski definition) is 2. The van der Waals surface area contributed by atoms with Gasteiger partial charge in [-0.1, -0.05) is 11.3 Å². The summed E-state index contributed by atoms with van der Waals surface area (Å²) in [5.74, 6) is -3.12. The predicted octanol–water partition coefficient (Wildman–Crippen LogP) is 2.48. The van der Waals surface area contributed by atoms with Crippen LogP contribution in [0, 0.1) is 0 Å². The Kier molecular flexibility index (Phi) is 8.25. The zero-order valence-electron chi connectivity index (χ0n) is 19.1. The second-order valence-electron chi connectivity index (χ2n) is 7.12. The second-order valence-corrected chi connectivity index (χ2v) is 10.2. The summed E-state index contributed by atoms with van der Waals surface area (Å²) in [5, 5.41) is 5.04. The van der Waals surface area contributed by atoms with E-state index in [1.807, 2.05) is 0 Å². The fourth-order valence-electron chi connectivity index (χ4n) is 3.04. The summed E-state index contributed by atoms with van der Waals surface area (Å²) in [6, 6.07) is 9.30. The molecule has 0 fully saturated rings. The van der Waals surface area contributed by atoms with E-state index in [1.54, 1.807) is 31.2 Å². The van der Waals surface area contributed by atoms with Crippen LogP contribution < -0.4 is 20.1 Å². The smallest absolute Gasteiger partial charge is 0.338 e. The maximum atomic E-state index is 12.4. The van der Waals surface area contributed by atoms with E-state index in [1.165, 1.54) is 26.4 Å². The summed E-state index contributed by atoms with van der Waals surface area (Å²) in [6.45, 7) is 1.94. The van der Waals surface area contributed by atoms with Crippen molar-refractivity contribution in [3.63, 3.8) is 0 Å². The molecule has 35 heavy (non-hydrogen) atoms. The molecule has 3 rings (SSSR count). The molecule has 0 saturated heterocycles. The third kappa shape index (κ3) is 6.90. The molecule has 0 bridgehead atoms. The summed E-state index contributed by atoms with van der Waals surface area (Å²) in [6.07, 6.45) is 0. The number of carbonyl (C=O) groups is 3. The molecule has 1 heterocycles. The van der Waals surface area contributed by atoms with E-state index in [4.69, 9.17) is 14.2 Å². The van der Waals surface area contributed by atoms with Crippen molar-refractivity contribution in [1.29, 1.82) is 0 Å². The molecule has 1 aromatic heterocycles. The molecular weight excluding hydrogens is 498 g/mol. The molecule has 0 spiro atoms. The number of aromatic nitrogens is 1. The fourth-order valence-corrected chi connectivity index (χ4v) is 5.00. The van der Waals surface area contributed by atoms with Crippen molar-refractivity contribution >= 4 is 60.0 Å². The number of hydrogen-bond acceptors (Lipinski definition) is 10. The van der Waals surface area contributed by atoms with Gasteiger partial charge in [-0.2, -0.15) is 0 Å².